The lowest BCUT2D eigenvalue weighted by Crippen LogP contribution is -2.49. The van der Waals surface area contributed by atoms with Crippen LogP contribution >= 0.6 is 0 Å². The van der Waals surface area contributed by atoms with E-state index < -0.39 is 0 Å². The topological polar surface area (TPSA) is 54.2 Å². The van der Waals surface area contributed by atoms with Gasteiger partial charge in [0.2, 0.25) is 5.89 Å². The lowest BCUT2D eigenvalue weighted by molar-refractivity contribution is 0.146. The first-order chi connectivity index (χ1) is 7.83. The Morgan fingerprint density at radius 2 is 2.38 bits per heavy atom. The molecule has 0 amide bonds. The summed E-state index contributed by atoms with van der Waals surface area (Å²) in [6, 6.07) is 0.546. The number of piperazine rings is 1. The highest BCUT2D eigenvalue weighted by Crippen LogP contribution is 2.38. The maximum atomic E-state index is 5.29. The zero-order chi connectivity index (χ0) is 11.0. The van der Waals surface area contributed by atoms with E-state index in [0.29, 0.717) is 12.0 Å². The number of hydrogen-bond donors (Lipinski definition) is 1. The van der Waals surface area contributed by atoms with E-state index in [2.05, 4.69) is 27.3 Å². The van der Waals surface area contributed by atoms with Gasteiger partial charge in [-0.25, -0.2) is 0 Å². The number of aromatic nitrogens is 2. The summed E-state index contributed by atoms with van der Waals surface area (Å²) < 4.78 is 5.29. The summed E-state index contributed by atoms with van der Waals surface area (Å²) in [4.78, 5) is 6.85. The van der Waals surface area contributed by atoms with Crippen molar-refractivity contribution in [2.75, 3.05) is 19.6 Å². The molecule has 1 aliphatic carbocycles. The van der Waals surface area contributed by atoms with E-state index in [4.69, 9.17) is 4.52 Å². The number of rotatable bonds is 3. The quantitative estimate of drug-likeness (QED) is 0.817. The van der Waals surface area contributed by atoms with Gasteiger partial charge in [0.25, 0.3) is 0 Å². The Labute approximate surface area is 95.2 Å². The molecule has 0 spiro atoms. The van der Waals surface area contributed by atoms with Crippen LogP contribution in [-0.2, 0) is 6.54 Å². The zero-order valence-electron chi connectivity index (χ0n) is 9.65. The van der Waals surface area contributed by atoms with Crippen LogP contribution in [0.2, 0.25) is 0 Å². The van der Waals surface area contributed by atoms with Gasteiger partial charge in [0, 0.05) is 31.6 Å². The lowest BCUT2D eigenvalue weighted by Gasteiger charge is -2.32. The van der Waals surface area contributed by atoms with Gasteiger partial charge in [0.1, 0.15) is 0 Å². The van der Waals surface area contributed by atoms with Crippen molar-refractivity contribution >= 4 is 0 Å². The molecule has 1 N–H and O–H groups in total. The highest BCUT2D eigenvalue weighted by molar-refractivity contribution is 5.03. The van der Waals surface area contributed by atoms with Crippen LogP contribution in [0, 0.1) is 0 Å². The predicted octanol–water partition coefficient (Wildman–Crippen LogP) is 0.741. The van der Waals surface area contributed by atoms with Crippen LogP contribution in [0.25, 0.3) is 0 Å². The van der Waals surface area contributed by atoms with Gasteiger partial charge >= 0.3 is 0 Å². The minimum Gasteiger partial charge on any atom is -0.338 e. The molecule has 16 heavy (non-hydrogen) atoms. The van der Waals surface area contributed by atoms with Crippen molar-refractivity contribution in [1.82, 2.24) is 20.4 Å². The SMILES string of the molecule is C[C@@H]1CNCCN1Cc1nc(C2CC2)no1. The maximum Gasteiger partial charge on any atom is 0.240 e. The van der Waals surface area contributed by atoms with Crippen LogP contribution < -0.4 is 5.32 Å². The minimum absolute atomic E-state index is 0.546. The van der Waals surface area contributed by atoms with Crippen molar-refractivity contribution < 1.29 is 4.52 Å². The molecule has 1 aliphatic heterocycles. The van der Waals surface area contributed by atoms with Crippen LogP contribution in [0.4, 0.5) is 0 Å². The summed E-state index contributed by atoms with van der Waals surface area (Å²) in [6.07, 6.45) is 2.45. The number of nitrogens with one attached hydrogen (secondary N) is 1. The Morgan fingerprint density at radius 1 is 1.50 bits per heavy atom. The molecule has 5 nitrogen and oxygen atoms in total. The van der Waals surface area contributed by atoms with Crippen LogP contribution in [0.15, 0.2) is 4.52 Å². The number of nitrogens with zero attached hydrogens (tertiary/aromatic N) is 3. The Hall–Kier alpha value is -0.940. The van der Waals surface area contributed by atoms with Crippen LogP contribution in [0.1, 0.15) is 37.4 Å². The van der Waals surface area contributed by atoms with Gasteiger partial charge in [0.05, 0.1) is 6.54 Å². The van der Waals surface area contributed by atoms with Crippen molar-refractivity contribution in [1.29, 1.82) is 0 Å². The van der Waals surface area contributed by atoms with Gasteiger partial charge in [-0.2, -0.15) is 4.98 Å². The minimum atomic E-state index is 0.546. The van der Waals surface area contributed by atoms with Crippen LogP contribution in [0.5, 0.6) is 0 Å². The molecule has 2 aliphatic rings. The first-order valence-corrected chi connectivity index (χ1v) is 6.10. The van der Waals surface area contributed by atoms with Crippen LogP contribution in [-0.4, -0.2) is 40.7 Å². The average Bonchev–Trinajstić information content (AvgIpc) is 3.03. The highest BCUT2D eigenvalue weighted by atomic mass is 16.5. The van der Waals surface area contributed by atoms with Crippen molar-refractivity contribution in [2.45, 2.75) is 38.3 Å². The summed E-state index contributed by atoms with van der Waals surface area (Å²) in [5.41, 5.74) is 0. The average molecular weight is 222 g/mol. The van der Waals surface area contributed by atoms with Gasteiger partial charge in [0.15, 0.2) is 5.82 Å². The second-order valence-corrected chi connectivity index (χ2v) is 4.84. The normalized spacial score (nSPS) is 27.2. The largest absolute Gasteiger partial charge is 0.338 e. The van der Waals surface area contributed by atoms with Gasteiger partial charge < -0.3 is 9.84 Å². The Kier molecular flexibility index (Phi) is 2.65. The Balaban J connectivity index is 1.63. The molecular weight excluding hydrogens is 204 g/mol. The van der Waals surface area contributed by atoms with Gasteiger partial charge in [-0.1, -0.05) is 5.16 Å². The van der Waals surface area contributed by atoms with Crippen LogP contribution in [0.3, 0.4) is 0 Å². The van der Waals surface area contributed by atoms with Crippen molar-refractivity contribution in [3.05, 3.63) is 11.7 Å². The van der Waals surface area contributed by atoms with E-state index in [0.717, 1.165) is 37.9 Å². The maximum absolute atomic E-state index is 5.29. The third kappa shape index (κ3) is 2.10. The second kappa shape index (κ2) is 4.14. The van der Waals surface area contributed by atoms with E-state index in [-0.39, 0.29) is 0 Å². The fourth-order valence-corrected chi connectivity index (χ4v) is 2.13. The molecule has 0 unspecified atom stereocenters. The molecule has 1 atom stereocenters. The molecule has 1 saturated heterocycles. The monoisotopic (exact) mass is 222 g/mol. The van der Waals surface area contributed by atoms with Crippen molar-refractivity contribution in [3.63, 3.8) is 0 Å². The molecule has 0 aromatic carbocycles. The Morgan fingerprint density at radius 3 is 3.12 bits per heavy atom. The molecule has 5 heteroatoms. The Bertz CT molecular complexity index is 361. The zero-order valence-corrected chi connectivity index (χ0v) is 9.65. The first kappa shape index (κ1) is 10.2. The van der Waals surface area contributed by atoms with Gasteiger partial charge in [-0.3, -0.25) is 4.90 Å². The smallest absolute Gasteiger partial charge is 0.240 e. The van der Waals surface area contributed by atoms with E-state index in [1.165, 1.54) is 12.8 Å². The van der Waals surface area contributed by atoms with Gasteiger partial charge in [-0.15, -0.1) is 0 Å². The summed E-state index contributed by atoms with van der Waals surface area (Å²) >= 11 is 0. The summed E-state index contributed by atoms with van der Waals surface area (Å²) in [5, 5.41) is 7.42. The lowest BCUT2D eigenvalue weighted by atomic mass is 10.2. The summed E-state index contributed by atoms with van der Waals surface area (Å²) in [6.45, 7) is 6.17. The standard InChI is InChI=1S/C11H18N4O/c1-8-6-12-4-5-15(8)7-10-13-11(14-16-10)9-2-3-9/h8-9,12H,2-7H2,1H3/t8-/m1/s1. The summed E-state index contributed by atoms with van der Waals surface area (Å²) in [5.74, 6) is 2.27. The first-order valence-electron chi connectivity index (χ1n) is 6.10. The van der Waals surface area contributed by atoms with Crippen molar-refractivity contribution in [3.8, 4) is 0 Å². The van der Waals surface area contributed by atoms with E-state index in [1.54, 1.807) is 0 Å². The van der Waals surface area contributed by atoms with E-state index >= 15 is 0 Å². The molecule has 1 aromatic heterocycles. The van der Waals surface area contributed by atoms with Crippen molar-refractivity contribution in [2.24, 2.45) is 0 Å². The molecule has 1 aromatic rings. The molecular formula is C11H18N4O. The molecule has 0 radical (unpaired) electrons. The molecule has 1 saturated carbocycles. The molecule has 3 rings (SSSR count). The molecule has 2 heterocycles. The number of hydrogen-bond acceptors (Lipinski definition) is 5. The third-order valence-corrected chi connectivity index (χ3v) is 3.40. The third-order valence-electron chi connectivity index (χ3n) is 3.40. The fraction of sp³-hybridized carbons (Fsp3) is 0.818. The molecule has 2 fully saturated rings. The molecule has 0 bridgehead atoms. The molecule has 88 valence electrons. The second-order valence-electron chi connectivity index (χ2n) is 4.84. The highest BCUT2D eigenvalue weighted by Gasteiger charge is 2.29. The van der Waals surface area contributed by atoms with E-state index in [1.807, 2.05) is 0 Å². The van der Waals surface area contributed by atoms with Gasteiger partial charge in [-0.05, 0) is 19.8 Å². The predicted molar refractivity (Wildman–Crippen MR) is 59.0 cm³/mol. The summed E-state index contributed by atoms with van der Waals surface area (Å²) in [7, 11) is 0. The fourth-order valence-electron chi connectivity index (χ4n) is 2.13. The van der Waals surface area contributed by atoms with E-state index in [9.17, 15) is 0 Å².